The summed E-state index contributed by atoms with van der Waals surface area (Å²) in [4.78, 5) is 103. The highest BCUT2D eigenvalue weighted by Crippen LogP contribution is 2.36. The number of nitrogens with two attached hydrogens (primary N) is 1. The Kier molecular flexibility index (Phi) is 16.6. The normalized spacial score (nSPS) is 19.8. The van der Waals surface area contributed by atoms with Gasteiger partial charge in [-0.1, -0.05) is 62.8 Å². The van der Waals surface area contributed by atoms with Crippen molar-refractivity contribution < 1.29 is 38.4 Å². The fourth-order valence-corrected chi connectivity index (χ4v) is 9.08. The maximum absolute atomic E-state index is 13.2. The molecule has 4 atom stereocenters. The average molecular weight is 852 g/mol. The number of nitrogen functional groups attached to an aromatic ring is 1. The number of likely N-dealkylation sites (tertiary alicyclic amines) is 2. The predicted molar refractivity (Wildman–Crippen MR) is 232 cm³/mol. The first kappa shape index (κ1) is 47.2. The number of imide groups is 2. The first-order valence-electron chi connectivity index (χ1n) is 22.0. The van der Waals surface area contributed by atoms with Crippen LogP contribution in [0.3, 0.4) is 0 Å². The summed E-state index contributed by atoms with van der Waals surface area (Å²) in [5.74, 6) is -2.89. The minimum absolute atomic E-state index is 0.00997. The summed E-state index contributed by atoms with van der Waals surface area (Å²) in [6.07, 6.45) is 11.8. The number of hydrogen-bond acceptors (Lipinski definition) is 10. The molecular formula is C47H61N7O8. The quantitative estimate of drug-likeness (QED) is 0.0963. The summed E-state index contributed by atoms with van der Waals surface area (Å²) in [7, 11) is 0. The van der Waals surface area contributed by atoms with Gasteiger partial charge in [0.15, 0.2) is 0 Å². The van der Waals surface area contributed by atoms with E-state index in [1.54, 1.807) is 31.2 Å². The van der Waals surface area contributed by atoms with Gasteiger partial charge >= 0.3 is 0 Å². The molecule has 0 radical (unpaired) electrons. The van der Waals surface area contributed by atoms with E-state index in [-0.39, 0.29) is 71.3 Å². The van der Waals surface area contributed by atoms with Crippen molar-refractivity contribution in [2.75, 3.05) is 13.1 Å². The number of rotatable bonds is 14. The van der Waals surface area contributed by atoms with Gasteiger partial charge in [0.25, 0.3) is 11.8 Å². The molecule has 2 saturated carbocycles. The fraction of sp³-hybridized carbons (Fsp3) is 0.532. The molecule has 2 aliphatic heterocycles. The van der Waals surface area contributed by atoms with Crippen LogP contribution in [-0.2, 0) is 28.8 Å². The van der Waals surface area contributed by atoms with Crippen LogP contribution >= 0.6 is 0 Å². The Morgan fingerprint density at radius 3 is 1.18 bits per heavy atom. The minimum Gasteiger partial charge on any atom is -0.384 e. The van der Waals surface area contributed by atoms with Crippen molar-refractivity contribution in [2.24, 2.45) is 29.4 Å². The smallest absolute Gasteiger partial charge is 0.257 e. The van der Waals surface area contributed by atoms with Gasteiger partial charge < -0.3 is 30.5 Å². The first-order chi connectivity index (χ1) is 29.5. The zero-order valence-corrected chi connectivity index (χ0v) is 36.1. The Balaban J connectivity index is 0.000000234. The number of nitrogens with zero attached hydrogens (tertiary/aromatic N) is 2. The Hall–Kier alpha value is -5.86. The number of amides is 6. The van der Waals surface area contributed by atoms with Crippen molar-refractivity contribution in [1.29, 1.82) is 10.8 Å². The van der Waals surface area contributed by atoms with Crippen LogP contribution in [0.15, 0.2) is 48.5 Å². The van der Waals surface area contributed by atoms with Crippen LogP contribution in [-0.4, -0.2) is 93.5 Å². The van der Waals surface area contributed by atoms with E-state index in [9.17, 15) is 38.4 Å². The van der Waals surface area contributed by atoms with Crippen molar-refractivity contribution in [3.05, 3.63) is 70.8 Å². The summed E-state index contributed by atoms with van der Waals surface area (Å²) < 4.78 is 0. The van der Waals surface area contributed by atoms with E-state index in [4.69, 9.17) is 16.6 Å². The van der Waals surface area contributed by atoms with E-state index in [0.717, 1.165) is 64.2 Å². The summed E-state index contributed by atoms with van der Waals surface area (Å²) in [6, 6.07) is 11.2. The number of Topliss-reactive ketones (excluding diaryl/α,β-unsaturated/α-hetero) is 2. The molecule has 0 bridgehead atoms. The van der Waals surface area contributed by atoms with Crippen LogP contribution in [0.5, 0.6) is 0 Å². The summed E-state index contributed by atoms with van der Waals surface area (Å²) in [6.45, 7) is 5.60. The highest BCUT2D eigenvalue weighted by molar-refractivity contribution is 6.09. The molecule has 6 N–H and O–H groups in total. The molecule has 2 aromatic rings. The van der Waals surface area contributed by atoms with E-state index in [1.807, 2.05) is 0 Å². The maximum Gasteiger partial charge on any atom is 0.257 e. The van der Waals surface area contributed by atoms with Crippen LogP contribution in [0.25, 0.3) is 0 Å². The van der Waals surface area contributed by atoms with Gasteiger partial charge in [0, 0.05) is 60.2 Å². The molecule has 62 heavy (non-hydrogen) atoms. The third-order valence-electron chi connectivity index (χ3n) is 12.8. The number of amidine groups is 1. The summed E-state index contributed by atoms with van der Waals surface area (Å²) >= 11 is 0. The molecule has 15 heteroatoms. The molecule has 2 saturated heterocycles. The van der Waals surface area contributed by atoms with Crippen LogP contribution < -0.4 is 16.4 Å². The zero-order chi connectivity index (χ0) is 45.1. The second-order valence-corrected chi connectivity index (χ2v) is 17.3. The molecule has 2 heterocycles. The molecule has 15 nitrogen and oxygen atoms in total. The van der Waals surface area contributed by atoms with Crippen LogP contribution in [0.2, 0.25) is 0 Å². The molecule has 4 aliphatic rings. The van der Waals surface area contributed by atoms with Gasteiger partial charge in [-0.15, -0.1) is 0 Å². The van der Waals surface area contributed by atoms with E-state index >= 15 is 0 Å². The molecule has 0 spiro atoms. The lowest BCUT2D eigenvalue weighted by atomic mass is 9.76. The number of carbonyl (C=O) groups excluding carboxylic acids is 8. The van der Waals surface area contributed by atoms with Gasteiger partial charge in [-0.25, -0.2) is 0 Å². The van der Waals surface area contributed by atoms with Gasteiger partial charge in [-0.3, -0.25) is 44.8 Å². The number of ketones is 2. The molecule has 6 rings (SSSR count). The lowest BCUT2D eigenvalue weighted by molar-refractivity contribution is -0.153. The number of hydrogen-bond donors (Lipinski definition) is 5. The Morgan fingerprint density at radius 2 is 0.887 bits per heavy atom. The monoisotopic (exact) mass is 851 g/mol. The molecule has 4 fully saturated rings. The van der Waals surface area contributed by atoms with Crippen LogP contribution in [0, 0.1) is 34.5 Å². The summed E-state index contributed by atoms with van der Waals surface area (Å²) in [5, 5.41) is 19.8. The lowest BCUT2D eigenvalue weighted by Gasteiger charge is -2.43. The molecule has 0 unspecified atom stereocenters. The standard InChI is InChI=1S/C24H31N3O4.C23H30N4O4/c1-15(28)14-20(18-6-4-3-5-7-18)24(31)27-13-12-21(27)23(30)26-22(29)19-10-8-17(9-11-19)16(2)25;1-14(28)13-18(15-5-3-2-4-6-15)23(31)27-12-11-19(27)22(30)26-21(29)17-9-7-16(8-10-17)20(24)25/h8-11,18,20-21,25H,3-7,12-14H2,1-2H3,(H,26,29,30);7-10,15,18-19H,2-6,11-13H2,1H3,(H3,24,25)(H,26,29,30)/t20-,21+;18-,19+/m11/s1. The van der Waals surface area contributed by atoms with Gasteiger partial charge in [-0.2, -0.15) is 0 Å². The highest BCUT2D eigenvalue weighted by Gasteiger charge is 2.44. The first-order valence-corrected chi connectivity index (χ1v) is 22.0. The van der Waals surface area contributed by atoms with Crippen LogP contribution in [0.4, 0.5) is 0 Å². The topological polar surface area (TPSA) is 241 Å². The molecule has 332 valence electrons. The Labute approximate surface area is 363 Å². The number of benzene rings is 2. The third kappa shape index (κ3) is 12.2. The molecular weight excluding hydrogens is 791 g/mol. The summed E-state index contributed by atoms with van der Waals surface area (Å²) in [5.41, 5.74) is 7.59. The Bertz CT molecular complexity index is 1890. The number of nitrogens with one attached hydrogen (secondary N) is 4. The second kappa shape index (κ2) is 21.8. The van der Waals surface area contributed by atoms with Gasteiger partial charge in [0.2, 0.25) is 23.6 Å². The largest absolute Gasteiger partial charge is 0.384 e. The van der Waals surface area contributed by atoms with Crippen molar-refractivity contribution in [2.45, 2.75) is 123 Å². The van der Waals surface area contributed by atoms with Gasteiger partial charge in [0.05, 0.1) is 0 Å². The predicted octanol–water partition coefficient (Wildman–Crippen LogP) is 5.11. The number of carbonyl (C=O) groups is 8. The maximum atomic E-state index is 13.2. The average Bonchev–Trinajstić information content (AvgIpc) is 3.21. The Morgan fingerprint density at radius 1 is 0.548 bits per heavy atom. The molecule has 6 amide bonds. The second-order valence-electron chi connectivity index (χ2n) is 17.3. The van der Waals surface area contributed by atoms with Crippen molar-refractivity contribution >= 4 is 58.6 Å². The van der Waals surface area contributed by atoms with E-state index in [1.165, 1.54) is 47.9 Å². The van der Waals surface area contributed by atoms with Crippen molar-refractivity contribution in [1.82, 2.24) is 20.4 Å². The molecule has 2 aromatic carbocycles. The highest BCUT2D eigenvalue weighted by atomic mass is 16.2. The van der Waals surface area contributed by atoms with Crippen LogP contribution in [0.1, 0.15) is 143 Å². The van der Waals surface area contributed by atoms with Crippen molar-refractivity contribution in [3.8, 4) is 0 Å². The van der Waals surface area contributed by atoms with Crippen molar-refractivity contribution in [3.63, 3.8) is 0 Å². The minimum atomic E-state index is -0.689. The zero-order valence-electron chi connectivity index (χ0n) is 36.1. The SMILES string of the molecule is CC(=N)c1ccc(C(=O)NC(=O)[C@@H]2CCN2C(=O)[C@H](CC(C)=O)C2CCCCC2)cc1.CC(=O)C[C@@H](C(=O)N1CC[C@H]1C(=O)NC(=O)c1ccc(C(=N)N)cc1)C1CCCCC1. The lowest BCUT2D eigenvalue weighted by Crippen LogP contribution is -2.60. The van der Waals surface area contributed by atoms with E-state index < -0.39 is 35.7 Å². The fourth-order valence-electron chi connectivity index (χ4n) is 9.08. The van der Waals surface area contributed by atoms with Gasteiger partial charge in [-0.05, 0) is 101 Å². The molecule has 0 aromatic heterocycles. The van der Waals surface area contributed by atoms with E-state index in [2.05, 4.69) is 10.6 Å². The molecule has 2 aliphatic carbocycles. The van der Waals surface area contributed by atoms with E-state index in [0.29, 0.717) is 48.3 Å². The van der Waals surface area contributed by atoms with Gasteiger partial charge in [0.1, 0.15) is 29.5 Å². The third-order valence-corrected chi connectivity index (χ3v) is 12.8.